The Morgan fingerprint density at radius 2 is 2.16 bits per heavy atom. The lowest BCUT2D eigenvalue weighted by Crippen LogP contribution is -2.29. The molecular formula is C15H23NO3. The smallest absolute Gasteiger partial charge is 0.224 e. The number of ether oxygens (including phenoxy) is 1. The minimum Gasteiger partial charge on any atom is -0.496 e. The Hall–Kier alpha value is -1.55. The highest BCUT2D eigenvalue weighted by Crippen LogP contribution is 2.21. The van der Waals surface area contributed by atoms with Gasteiger partial charge in [0.25, 0.3) is 0 Å². The first-order valence-electron chi connectivity index (χ1n) is 6.63. The zero-order valence-corrected chi connectivity index (χ0v) is 12.0. The first kappa shape index (κ1) is 15.5. The molecule has 0 bridgehead atoms. The Morgan fingerprint density at radius 3 is 2.74 bits per heavy atom. The topological polar surface area (TPSA) is 49.8 Å². The van der Waals surface area contributed by atoms with E-state index < -0.39 is 0 Å². The van der Waals surface area contributed by atoms with Crippen molar-refractivity contribution in [3.63, 3.8) is 0 Å². The normalized spacial score (nSPS) is 10.3. The highest BCUT2D eigenvalue weighted by atomic mass is 16.5. The Bertz CT molecular complexity index is 418. The first-order chi connectivity index (χ1) is 9.12. The Balaban J connectivity index is 2.68. The van der Waals surface area contributed by atoms with Gasteiger partial charge in [-0.1, -0.05) is 19.1 Å². The molecule has 0 heterocycles. The lowest BCUT2D eigenvalue weighted by Gasteiger charge is -2.18. The van der Waals surface area contributed by atoms with Crippen LogP contribution in [0.3, 0.4) is 0 Å². The van der Waals surface area contributed by atoms with Gasteiger partial charge in [-0.2, -0.15) is 0 Å². The predicted octanol–water partition coefficient (Wildman–Crippen LogP) is 1.64. The summed E-state index contributed by atoms with van der Waals surface area (Å²) >= 11 is 0. The largest absolute Gasteiger partial charge is 0.496 e. The standard InChI is InChI=1S/C15H23NO3/c1-4-12-5-6-14(19-3)13(11-12)7-9-16(2)15(18)8-10-17/h5-6,11,17H,4,7-10H2,1-3H3. The van der Waals surface area contributed by atoms with Crippen molar-refractivity contribution in [2.24, 2.45) is 0 Å². The number of hydrogen-bond donors (Lipinski definition) is 1. The van der Waals surface area contributed by atoms with Crippen molar-refractivity contribution in [1.82, 2.24) is 4.90 Å². The number of amides is 1. The number of carbonyl (C=O) groups excluding carboxylic acids is 1. The Kier molecular flexibility index (Phi) is 6.36. The zero-order valence-electron chi connectivity index (χ0n) is 12.0. The fourth-order valence-electron chi connectivity index (χ4n) is 1.95. The van der Waals surface area contributed by atoms with Crippen molar-refractivity contribution in [3.8, 4) is 5.75 Å². The van der Waals surface area contributed by atoms with Crippen molar-refractivity contribution < 1.29 is 14.6 Å². The van der Waals surface area contributed by atoms with E-state index in [1.807, 2.05) is 6.07 Å². The highest BCUT2D eigenvalue weighted by molar-refractivity contribution is 5.75. The van der Waals surface area contributed by atoms with Gasteiger partial charge in [-0.25, -0.2) is 0 Å². The number of nitrogens with zero attached hydrogens (tertiary/aromatic N) is 1. The van der Waals surface area contributed by atoms with Crippen LogP contribution in [0.25, 0.3) is 0 Å². The molecular weight excluding hydrogens is 242 g/mol. The Morgan fingerprint density at radius 1 is 1.42 bits per heavy atom. The Labute approximate surface area is 115 Å². The van der Waals surface area contributed by atoms with Gasteiger partial charge in [0.05, 0.1) is 13.7 Å². The molecule has 1 amide bonds. The second kappa shape index (κ2) is 7.79. The fraction of sp³-hybridized carbons (Fsp3) is 0.533. The van der Waals surface area contributed by atoms with Gasteiger partial charge in [-0.15, -0.1) is 0 Å². The van der Waals surface area contributed by atoms with Crippen LogP contribution in [0, 0.1) is 0 Å². The molecule has 0 saturated carbocycles. The third-order valence-corrected chi connectivity index (χ3v) is 3.22. The third-order valence-electron chi connectivity index (χ3n) is 3.22. The van der Waals surface area contributed by atoms with E-state index in [2.05, 4.69) is 19.1 Å². The van der Waals surface area contributed by atoms with Gasteiger partial charge < -0.3 is 14.7 Å². The quantitative estimate of drug-likeness (QED) is 0.815. The van der Waals surface area contributed by atoms with Gasteiger partial charge in [0.15, 0.2) is 0 Å². The highest BCUT2D eigenvalue weighted by Gasteiger charge is 2.10. The molecule has 4 heteroatoms. The average Bonchev–Trinajstić information content (AvgIpc) is 2.44. The lowest BCUT2D eigenvalue weighted by atomic mass is 10.0. The number of aliphatic hydroxyl groups excluding tert-OH is 1. The number of carbonyl (C=O) groups is 1. The van der Waals surface area contributed by atoms with Crippen molar-refractivity contribution in [1.29, 1.82) is 0 Å². The van der Waals surface area contributed by atoms with Crippen LogP contribution in [0.5, 0.6) is 5.75 Å². The fourth-order valence-corrected chi connectivity index (χ4v) is 1.95. The van der Waals surface area contributed by atoms with E-state index in [1.54, 1.807) is 19.1 Å². The van der Waals surface area contributed by atoms with Crippen molar-refractivity contribution >= 4 is 5.91 Å². The summed E-state index contributed by atoms with van der Waals surface area (Å²) in [4.78, 5) is 13.2. The number of methoxy groups -OCH3 is 1. The summed E-state index contributed by atoms with van der Waals surface area (Å²) in [6.07, 6.45) is 1.92. The van der Waals surface area contributed by atoms with Crippen LogP contribution in [0.15, 0.2) is 18.2 Å². The van der Waals surface area contributed by atoms with E-state index in [0.717, 1.165) is 24.2 Å². The van der Waals surface area contributed by atoms with E-state index in [9.17, 15) is 4.79 Å². The SMILES string of the molecule is CCc1ccc(OC)c(CCN(C)C(=O)CCO)c1. The second-order valence-electron chi connectivity index (χ2n) is 4.54. The minimum absolute atomic E-state index is 0.0342. The number of likely N-dealkylation sites (N-methyl/N-ethyl adjacent to an activating group) is 1. The van der Waals surface area contributed by atoms with Gasteiger partial charge in [0.2, 0.25) is 5.91 Å². The third kappa shape index (κ3) is 4.56. The van der Waals surface area contributed by atoms with Crippen molar-refractivity contribution in [2.75, 3.05) is 27.3 Å². The van der Waals surface area contributed by atoms with E-state index in [0.29, 0.717) is 6.54 Å². The van der Waals surface area contributed by atoms with Crippen LogP contribution in [-0.2, 0) is 17.6 Å². The van der Waals surface area contributed by atoms with E-state index in [-0.39, 0.29) is 18.9 Å². The van der Waals surface area contributed by atoms with E-state index in [1.165, 1.54) is 5.56 Å². The average molecular weight is 265 g/mol. The second-order valence-corrected chi connectivity index (χ2v) is 4.54. The monoisotopic (exact) mass is 265 g/mol. The van der Waals surface area contributed by atoms with Gasteiger partial charge >= 0.3 is 0 Å². The molecule has 0 aliphatic heterocycles. The number of benzene rings is 1. The zero-order chi connectivity index (χ0) is 14.3. The maximum absolute atomic E-state index is 11.6. The van der Waals surface area contributed by atoms with Crippen LogP contribution in [0.1, 0.15) is 24.5 Å². The van der Waals surface area contributed by atoms with E-state index in [4.69, 9.17) is 9.84 Å². The lowest BCUT2D eigenvalue weighted by molar-refractivity contribution is -0.130. The molecule has 1 aromatic rings. The van der Waals surface area contributed by atoms with Crippen LogP contribution < -0.4 is 4.74 Å². The van der Waals surface area contributed by atoms with Crippen LogP contribution in [0.2, 0.25) is 0 Å². The maximum atomic E-state index is 11.6. The van der Waals surface area contributed by atoms with Gasteiger partial charge in [-0.05, 0) is 30.0 Å². The molecule has 4 nitrogen and oxygen atoms in total. The predicted molar refractivity (Wildman–Crippen MR) is 75.4 cm³/mol. The molecule has 0 saturated heterocycles. The molecule has 1 aromatic carbocycles. The summed E-state index contributed by atoms with van der Waals surface area (Å²) < 4.78 is 5.34. The molecule has 0 aliphatic carbocycles. The number of aliphatic hydroxyl groups is 1. The first-order valence-corrected chi connectivity index (χ1v) is 6.63. The summed E-state index contributed by atoms with van der Waals surface area (Å²) in [5, 5.41) is 8.75. The summed E-state index contributed by atoms with van der Waals surface area (Å²) in [5.41, 5.74) is 2.38. The molecule has 0 aliphatic rings. The summed E-state index contributed by atoms with van der Waals surface area (Å²) in [5.74, 6) is 0.827. The van der Waals surface area contributed by atoms with Crippen molar-refractivity contribution in [3.05, 3.63) is 29.3 Å². The number of hydrogen-bond acceptors (Lipinski definition) is 3. The van der Waals surface area contributed by atoms with Crippen LogP contribution >= 0.6 is 0 Å². The van der Waals surface area contributed by atoms with Gasteiger partial charge in [0.1, 0.15) is 5.75 Å². The molecule has 0 radical (unpaired) electrons. The number of rotatable bonds is 7. The molecule has 0 aromatic heterocycles. The van der Waals surface area contributed by atoms with Crippen molar-refractivity contribution in [2.45, 2.75) is 26.2 Å². The molecule has 0 spiro atoms. The summed E-state index contributed by atoms with van der Waals surface area (Å²) in [6.45, 7) is 2.64. The molecule has 1 N–H and O–H groups in total. The number of aryl methyl sites for hydroxylation is 1. The van der Waals surface area contributed by atoms with Gasteiger partial charge in [0, 0.05) is 20.0 Å². The van der Waals surface area contributed by atoms with Crippen LogP contribution in [0.4, 0.5) is 0 Å². The summed E-state index contributed by atoms with van der Waals surface area (Å²) in [6, 6.07) is 6.16. The molecule has 0 atom stereocenters. The van der Waals surface area contributed by atoms with E-state index >= 15 is 0 Å². The molecule has 106 valence electrons. The minimum atomic E-state index is -0.0994. The summed E-state index contributed by atoms with van der Waals surface area (Å²) in [7, 11) is 3.42. The van der Waals surface area contributed by atoms with Crippen LogP contribution in [-0.4, -0.2) is 43.2 Å². The molecule has 19 heavy (non-hydrogen) atoms. The molecule has 1 rings (SSSR count). The van der Waals surface area contributed by atoms with Gasteiger partial charge in [-0.3, -0.25) is 4.79 Å². The molecule has 0 fully saturated rings. The maximum Gasteiger partial charge on any atom is 0.224 e. The molecule has 0 unspecified atom stereocenters.